The fourth-order valence-corrected chi connectivity index (χ4v) is 5.11. The molecule has 2 saturated carbocycles. The van der Waals surface area contributed by atoms with Gasteiger partial charge in [-0.25, -0.2) is 0 Å². The van der Waals surface area contributed by atoms with Gasteiger partial charge in [-0.3, -0.25) is 9.79 Å². The lowest BCUT2D eigenvalue weighted by Gasteiger charge is -2.27. The van der Waals surface area contributed by atoms with Gasteiger partial charge in [0, 0.05) is 38.6 Å². The molecule has 0 aromatic heterocycles. The minimum Gasteiger partial charge on any atom is -0.356 e. The Bertz CT molecular complexity index is 486. The van der Waals surface area contributed by atoms with Crippen molar-refractivity contribution in [3.05, 3.63) is 0 Å². The molecule has 3 unspecified atom stereocenters. The van der Waals surface area contributed by atoms with Gasteiger partial charge in [-0.1, -0.05) is 39.0 Å². The van der Waals surface area contributed by atoms with Gasteiger partial charge in [0.05, 0.1) is 0 Å². The third-order valence-corrected chi connectivity index (χ3v) is 6.66. The van der Waals surface area contributed by atoms with Crippen LogP contribution in [-0.4, -0.2) is 49.5 Å². The van der Waals surface area contributed by atoms with Crippen LogP contribution in [0.3, 0.4) is 0 Å². The number of guanidine groups is 1. The van der Waals surface area contributed by atoms with Gasteiger partial charge >= 0.3 is 0 Å². The van der Waals surface area contributed by atoms with Gasteiger partial charge in [-0.05, 0) is 43.9 Å². The Hall–Kier alpha value is -1.26. The number of amides is 1. The van der Waals surface area contributed by atoms with Crippen molar-refractivity contribution in [3.8, 4) is 0 Å². The van der Waals surface area contributed by atoms with Gasteiger partial charge < -0.3 is 15.5 Å². The second kappa shape index (κ2) is 9.61. The van der Waals surface area contributed by atoms with E-state index in [9.17, 15) is 4.79 Å². The number of likely N-dealkylation sites (tertiary alicyclic amines) is 1. The minimum atomic E-state index is 0.295. The van der Waals surface area contributed by atoms with E-state index >= 15 is 0 Å². The summed E-state index contributed by atoms with van der Waals surface area (Å²) in [5, 5.41) is 7.03. The lowest BCUT2D eigenvalue weighted by molar-refractivity contribution is -0.134. The van der Waals surface area contributed by atoms with Crippen LogP contribution in [0.1, 0.15) is 71.1 Å². The van der Waals surface area contributed by atoms with E-state index in [2.05, 4.69) is 27.4 Å². The first-order chi connectivity index (χ1) is 12.7. The summed E-state index contributed by atoms with van der Waals surface area (Å²) in [6.07, 6.45) is 12.5. The van der Waals surface area contributed by atoms with E-state index in [4.69, 9.17) is 0 Å². The molecule has 3 atom stereocenters. The summed E-state index contributed by atoms with van der Waals surface area (Å²) in [5.41, 5.74) is 0. The number of carbonyl (C=O) groups is 1. The summed E-state index contributed by atoms with van der Waals surface area (Å²) in [7, 11) is 1.84. The maximum Gasteiger partial charge on any atom is 0.225 e. The zero-order chi connectivity index (χ0) is 18.4. The SMILES string of the molecule is CN=C(NCCC1CCCC(C)C1)NC1CCN(C(=O)C2CCCC2)C1. The Morgan fingerprint density at radius 2 is 1.92 bits per heavy atom. The van der Waals surface area contributed by atoms with Gasteiger partial charge in [0.15, 0.2) is 5.96 Å². The molecule has 1 heterocycles. The third kappa shape index (κ3) is 5.37. The molecule has 3 aliphatic rings. The second-order valence-corrected chi connectivity index (χ2v) is 8.82. The Balaban J connectivity index is 1.36. The summed E-state index contributed by atoms with van der Waals surface area (Å²) in [6, 6.07) is 0.334. The molecule has 5 heteroatoms. The Morgan fingerprint density at radius 3 is 2.65 bits per heavy atom. The number of hydrogen-bond donors (Lipinski definition) is 2. The molecule has 0 spiro atoms. The molecule has 0 aromatic carbocycles. The molecule has 3 fully saturated rings. The highest BCUT2D eigenvalue weighted by Gasteiger charge is 2.32. The van der Waals surface area contributed by atoms with Crippen LogP contribution in [0.25, 0.3) is 0 Å². The van der Waals surface area contributed by atoms with Crippen molar-refractivity contribution in [3.63, 3.8) is 0 Å². The molecule has 0 bridgehead atoms. The number of aliphatic imine (C=N–C) groups is 1. The number of carbonyl (C=O) groups excluding carboxylic acids is 1. The third-order valence-electron chi connectivity index (χ3n) is 6.66. The highest BCUT2D eigenvalue weighted by atomic mass is 16.2. The average molecular weight is 363 g/mol. The molecule has 1 amide bonds. The molecule has 0 aromatic rings. The van der Waals surface area contributed by atoms with Crippen molar-refractivity contribution in [1.82, 2.24) is 15.5 Å². The van der Waals surface area contributed by atoms with E-state index in [1.807, 2.05) is 7.05 Å². The highest BCUT2D eigenvalue weighted by molar-refractivity contribution is 5.81. The predicted octanol–water partition coefficient (Wildman–Crippen LogP) is 3.16. The molecule has 5 nitrogen and oxygen atoms in total. The smallest absolute Gasteiger partial charge is 0.225 e. The van der Waals surface area contributed by atoms with Crippen LogP contribution < -0.4 is 10.6 Å². The predicted molar refractivity (Wildman–Crippen MR) is 107 cm³/mol. The van der Waals surface area contributed by atoms with E-state index < -0.39 is 0 Å². The van der Waals surface area contributed by atoms with Gasteiger partial charge in [-0.2, -0.15) is 0 Å². The second-order valence-electron chi connectivity index (χ2n) is 8.82. The Kier molecular flexibility index (Phi) is 7.21. The van der Waals surface area contributed by atoms with E-state index in [0.717, 1.165) is 56.7 Å². The first kappa shape index (κ1) is 19.5. The van der Waals surface area contributed by atoms with Crippen molar-refractivity contribution < 1.29 is 4.79 Å². The molecule has 26 heavy (non-hydrogen) atoms. The molecule has 3 rings (SSSR count). The monoisotopic (exact) mass is 362 g/mol. The summed E-state index contributed by atoms with van der Waals surface area (Å²) < 4.78 is 0. The fourth-order valence-electron chi connectivity index (χ4n) is 5.11. The van der Waals surface area contributed by atoms with Crippen LogP contribution in [0.4, 0.5) is 0 Å². The molecule has 2 aliphatic carbocycles. The minimum absolute atomic E-state index is 0.295. The summed E-state index contributed by atoms with van der Waals surface area (Å²) in [4.78, 5) is 19.0. The summed E-state index contributed by atoms with van der Waals surface area (Å²) in [5.74, 6) is 3.35. The van der Waals surface area contributed by atoms with Crippen molar-refractivity contribution >= 4 is 11.9 Å². The van der Waals surface area contributed by atoms with Crippen LogP contribution in [-0.2, 0) is 4.79 Å². The lowest BCUT2D eigenvalue weighted by atomic mass is 9.81. The average Bonchev–Trinajstić information content (AvgIpc) is 3.32. The Labute approximate surface area is 159 Å². The van der Waals surface area contributed by atoms with Gasteiger partial charge in [0.25, 0.3) is 0 Å². The number of rotatable bonds is 5. The molecular formula is C21H38N4O. The quantitative estimate of drug-likeness (QED) is 0.583. The molecule has 1 saturated heterocycles. The Morgan fingerprint density at radius 1 is 1.12 bits per heavy atom. The van der Waals surface area contributed by atoms with E-state index in [-0.39, 0.29) is 0 Å². The fraction of sp³-hybridized carbons (Fsp3) is 0.905. The largest absolute Gasteiger partial charge is 0.356 e. The molecule has 148 valence electrons. The maximum absolute atomic E-state index is 12.6. The van der Waals surface area contributed by atoms with E-state index in [1.54, 1.807) is 0 Å². The van der Waals surface area contributed by atoms with Crippen LogP contribution in [0.5, 0.6) is 0 Å². The first-order valence-corrected chi connectivity index (χ1v) is 10.9. The van der Waals surface area contributed by atoms with Crippen LogP contribution >= 0.6 is 0 Å². The van der Waals surface area contributed by atoms with Crippen molar-refractivity contribution in [2.45, 2.75) is 77.2 Å². The van der Waals surface area contributed by atoms with E-state index in [0.29, 0.717) is 17.9 Å². The van der Waals surface area contributed by atoms with Crippen molar-refractivity contribution in [1.29, 1.82) is 0 Å². The summed E-state index contributed by atoms with van der Waals surface area (Å²) >= 11 is 0. The maximum atomic E-state index is 12.6. The normalized spacial score (nSPS) is 30.6. The summed E-state index contributed by atoms with van der Waals surface area (Å²) in [6.45, 7) is 5.10. The number of nitrogens with zero attached hydrogens (tertiary/aromatic N) is 2. The number of hydrogen-bond acceptors (Lipinski definition) is 2. The van der Waals surface area contributed by atoms with Crippen LogP contribution in [0.15, 0.2) is 4.99 Å². The van der Waals surface area contributed by atoms with Gasteiger partial charge in [-0.15, -0.1) is 0 Å². The molecule has 0 radical (unpaired) electrons. The molecule has 1 aliphatic heterocycles. The van der Waals surface area contributed by atoms with Crippen molar-refractivity contribution in [2.24, 2.45) is 22.7 Å². The van der Waals surface area contributed by atoms with Crippen LogP contribution in [0.2, 0.25) is 0 Å². The van der Waals surface area contributed by atoms with Gasteiger partial charge in [0.2, 0.25) is 5.91 Å². The van der Waals surface area contributed by atoms with Crippen LogP contribution in [0, 0.1) is 17.8 Å². The lowest BCUT2D eigenvalue weighted by Crippen LogP contribution is -2.45. The zero-order valence-electron chi connectivity index (χ0n) is 16.8. The first-order valence-electron chi connectivity index (χ1n) is 10.9. The molecule has 2 N–H and O–H groups in total. The molecular weight excluding hydrogens is 324 g/mol. The topological polar surface area (TPSA) is 56.7 Å². The highest BCUT2D eigenvalue weighted by Crippen LogP contribution is 2.30. The van der Waals surface area contributed by atoms with E-state index in [1.165, 1.54) is 44.9 Å². The van der Waals surface area contributed by atoms with Gasteiger partial charge in [0.1, 0.15) is 0 Å². The standard InChI is InChI=1S/C21H38N4O/c1-16-6-5-7-17(14-16)10-12-23-21(22-2)24-19-11-13-25(15-19)20(26)18-8-3-4-9-18/h16-19H,3-15H2,1-2H3,(H2,22,23,24). The van der Waals surface area contributed by atoms with Crippen molar-refractivity contribution in [2.75, 3.05) is 26.7 Å². The number of nitrogens with one attached hydrogen (secondary N) is 2. The zero-order valence-corrected chi connectivity index (χ0v) is 16.8.